The van der Waals surface area contributed by atoms with Crippen molar-refractivity contribution < 1.29 is 28.2 Å². The molecule has 2 unspecified atom stereocenters. The van der Waals surface area contributed by atoms with Crippen LogP contribution in [0.4, 0.5) is 14.5 Å². The van der Waals surface area contributed by atoms with Crippen LogP contribution in [-0.2, 0) is 9.59 Å². The summed E-state index contributed by atoms with van der Waals surface area (Å²) in [4.78, 5) is 52.4. The number of hydrogen-bond donors (Lipinski definition) is 1. The first-order chi connectivity index (χ1) is 20.9. The number of halogens is 2. The van der Waals surface area contributed by atoms with Crippen molar-refractivity contribution in [1.82, 2.24) is 19.4 Å². The second kappa shape index (κ2) is 10.5. The molecule has 5 heterocycles. The van der Waals surface area contributed by atoms with Gasteiger partial charge in [-0.3, -0.25) is 19.1 Å². The average molecular weight is 602 g/mol. The number of benzene rings is 1. The Labute approximate surface area is 250 Å². The van der Waals surface area contributed by atoms with Crippen LogP contribution in [0.25, 0.3) is 28.0 Å². The van der Waals surface area contributed by atoms with Crippen LogP contribution in [-0.4, -0.2) is 61.6 Å². The molecule has 226 valence electrons. The number of rotatable bonds is 4. The lowest BCUT2D eigenvalue weighted by molar-refractivity contribution is -0.140. The van der Waals surface area contributed by atoms with Crippen molar-refractivity contribution >= 4 is 28.6 Å². The van der Waals surface area contributed by atoms with Gasteiger partial charge in [0.15, 0.2) is 11.5 Å². The van der Waals surface area contributed by atoms with Gasteiger partial charge in [0.25, 0.3) is 0 Å². The van der Waals surface area contributed by atoms with Gasteiger partial charge < -0.3 is 19.6 Å². The van der Waals surface area contributed by atoms with Crippen molar-refractivity contribution in [3.05, 3.63) is 82.4 Å². The number of carbonyl (C=O) groups is 2. The minimum atomic E-state index is -0.995. The number of piperazine rings is 1. The van der Waals surface area contributed by atoms with E-state index in [0.29, 0.717) is 16.9 Å². The first-order valence-corrected chi connectivity index (χ1v) is 14.1. The summed E-state index contributed by atoms with van der Waals surface area (Å²) in [5.74, 6) is -4.02. The van der Waals surface area contributed by atoms with Gasteiger partial charge in [-0.2, -0.15) is 0 Å². The summed E-state index contributed by atoms with van der Waals surface area (Å²) in [5.41, 5.74) is -0.128. The van der Waals surface area contributed by atoms with Crippen molar-refractivity contribution in [3.63, 3.8) is 0 Å². The van der Waals surface area contributed by atoms with E-state index in [2.05, 4.69) is 16.5 Å². The molecule has 1 saturated heterocycles. The third-order valence-corrected chi connectivity index (χ3v) is 8.15. The predicted octanol–water partition coefficient (Wildman–Crippen LogP) is 4.37. The zero-order valence-electron chi connectivity index (χ0n) is 24.5. The molecule has 1 N–H and O–H groups in total. The number of hydrogen-bond acceptors (Lipinski definition) is 8. The highest BCUT2D eigenvalue weighted by molar-refractivity contribution is 6.01. The maximum Gasteiger partial charge on any atom is 0.336 e. The Balaban J connectivity index is 1.73. The van der Waals surface area contributed by atoms with Gasteiger partial charge in [-0.05, 0) is 55.7 Å². The number of phenolic OH excluding ortho intramolecular Hbond substituents is 1. The van der Waals surface area contributed by atoms with E-state index in [-0.39, 0.29) is 47.4 Å². The van der Waals surface area contributed by atoms with Gasteiger partial charge in [-0.1, -0.05) is 26.5 Å². The number of ether oxygens (including phenoxy) is 1. The molecule has 10 nitrogen and oxygen atoms in total. The molecule has 1 amide bonds. The summed E-state index contributed by atoms with van der Waals surface area (Å²) < 4.78 is 37.9. The largest absolute Gasteiger partial charge is 0.507 e. The molecule has 1 fully saturated rings. The van der Waals surface area contributed by atoms with Crippen molar-refractivity contribution in [1.29, 1.82) is 0 Å². The number of carbonyl (C=O) groups excluding carboxylic acids is 2. The average Bonchev–Trinajstić information content (AvgIpc) is 2.97. The van der Waals surface area contributed by atoms with Crippen LogP contribution in [0.15, 0.2) is 54.0 Å². The topological polar surface area (TPSA) is 118 Å². The lowest BCUT2D eigenvalue weighted by atomic mass is 10.0. The predicted molar refractivity (Wildman–Crippen MR) is 159 cm³/mol. The molecule has 0 aliphatic carbocycles. The van der Waals surface area contributed by atoms with Crippen LogP contribution in [0, 0.1) is 18.6 Å². The quantitative estimate of drug-likeness (QED) is 0.271. The third kappa shape index (κ3) is 4.31. The molecule has 0 bridgehead atoms. The Kier molecular flexibility index (Phi) is 6.94. The van der Waals surface area contributed by atoms with E-state index in [1.807, 2.05) is 13.8 Å². The summed E-state index contributed by atoms with van der Waals surface area (Å²) >= 11 is 0. The normalized spacial score (nSPS) is 17.8. The van der Waals surface area contributed by atoms with E-state index in [1.165, 1.54) is 21.6 Å². The Hall–Kier alpha value is -5.13. The molecule has 0 radical (unpaired) electrons. The van der Waals surface area contributed by atoms with E-state index in [1.54, 1.807) is 31.0 Å². The van der Waals surface area contributed by atoms with E-state index in [0.717, 1.165) is 18.2 Å². The van der Waals surface area contributed by atoms with Crippen LogP contribution in [0.3, 0.4) is 0 Å². The molecular formula is C32H29F2N5O5. The van der Waals surface area contributed by atoms with E-state index in [4.69, 9.17) is 4.74 Å². The first-order valence-electron chi connectivity index (χ1n) is 14.1. The lowest BCUT2D eigenvalue weighted by Gasteiger charge is -2.47. The van der Waals surface area contributed by atoms with Gasteiger partial charge in [-0.15, -0.1) is 0 Å². The second-order valence-electron chi connectivity index (χ2n) is 11.3. The lowest BCUT2D eigenvalue weighted by Crippen LogP contribution is -2.64. The molecule has 6 rings (SSSR count). The molecule has 2 aliphatic heterocycles. The maximum absolute atomic E-state index is 16.0. The van der Waals surface area contributed by atoms with Crippen LogP contribution in [0.2, 0.25) is 0 Å². The summed E-state index contributed by atoms with van der Waals surface area (Å²) in [6.07, 6.45) is 2.76. The number of esters is 1. The zero-order chi connectivity index (χ0) is 31.6. The molecule has 12 heteroatoms. The SMILES string of the molecule is C=CC(=O)N1CC2C(=O)Oc3c(c4cc(F)c(-c5c(O)cccc5F)nc4n(-c4c(C)ccnc4C(C)C)c3=O)N2CC1C. The van der Waals surface area contributed by atoms with Crippen LogP contribution in [0.1, 0.15) is 37.9 Å². The number of aryl methyl sites for hydroxylation is 1. The molecule has 0 spiro atoms. The highest BCUT2D eigenvalue weighted by atomic mass is 19.1. The monoisotopic (exact) mass is 601 g/mol. The smallest absolute Gasteiger partial charge is 0.336 e. The highest BCUT2D eigenvalue weighted by Gasteiger charge is 2.45. The van der Waals surface area contributed by atoms with Crippen molar-refractivity contribution in [2.45, 2.75) is 45.7 Å². The molecular weight excluding hydrogens is 572 g/mol. The Morgan fingerprint density at radius 2 is 1.91 bits per heavy atom. The summed E-state index contributed by atoms with van der Waals surface area (Å²) in [6, 6.07) is 4.95. The number of phenols is 1. The molecule has 2 atom stereocenters. The Morgan fingerprint density at radius 3 is 2.59 bits per heavy atom. The molecule has 44 heavy (non-hydrogen) atoms. The van der Waals surface area contributed by atoms with Crippen molar-refractivity contribution in [2.24, 2.45) is 0 Å². The van der Waals surface area contributed by atoms with Crippen molar-refractivity contribution in [2.75, 3.05) is 18.0 Å². The van der Waals surface area contributed by atoms with Gasteiger partial charge in [0.2, 0.25) is 11.7 Å². The minimum Gasteiger partial charge on any atom is -0.507 e. The van der Waals surface area contributed by atoms with Gasteiger partial charge in [0.05, 0.1) is 29.2 Å². The molecule has 1 aromatic carbocycles. The van der Waals surface area contributed by atoms with Crippen LogP contribution in [0.5, 0.6) is 11.5 Å². The molecule has 4 aromatic rings. The fraction of sp³-hybridized carbons (Fsp3) is 0.281. The van der Waals surface area contributed by atoms with Gasteiger partial charge >= 0.3 is 11.5 Å². The number of fused-ring (bicyclic) bond motifs is 5. The Morgan fingerprint density at radius 1 is 1.16 bits per heavy atom. The third-order valence-electron chi connectivity index (χ3n) is 8.15. The number of anilines is 1. The maximum atomic E-state index is 16.0. The molecule has 2 aliphatic rings. The number of aromatic hydroxyl groups is 1. The van der Waals surface area contributed by atoms with E-state index in [9.17, 15) is 19.5 Å². The number of pyridine rings is 3. The van der Waals surface area contributed by atoms with E-state index >= 15 is 8.78 Å². The standard InChI is InChI=1S/C32H29F2N5O5/c1-6-23(41)37-14-21-32(43)44-29-28(38(21)13-17(37)5)18-12-20(34)26(24-19(33)8-7-9-22(24)40)36-30(18)39(31(29)42)27-16(4)10-11-35-25(27)15(2)3/h6-12,15,17,21,40H,1,13-14H2,2-5H3. The summed E-state index contributed by atoms with van der Waals surface area (Å²) in [7, 11) is 0. The van der Waals surface area contributed by atoms with Crippen LogP contribution >= 0.6 is 0 Å². The summed E-state index contributed by atoms with van der Waals surface area (Å²) in [6.45, 7) is 10.9. The highest BCUT2D eigenvalue weighted by Crippen LogP contribution is 2.43. The fourth-order valence-corrected chi connectivity index (χ4v) is 6.05. The number of nitrogens with zero attached hydrogens (tertiary/aromatic N) is 5. The second-order valence-corrected chi connectivity index (χ2v) is 11.3. The van der Waals surface area contributed by atoms with Gasteiger partial charge in [0, 0.05) is 24.2 Å². The Bertz CT molecular complexity index is 1940. The van der Waals surface area contributed by atoms with E-state index < -0.39 is 52.3 Å². The number of amides is 1. The van der Waals surface area contributed by atoms with Crippen molar-refractivity contribution in [3.8, 4) is 28.4 Å². The number of aromatic nitrogens is 3. The van der Waals surface area contributed by atoms with Gasteiger partial charge in [0.1, 0.15) is 23.3 Å². The summed E-state index contributed by atoms with van der Waals surface area (Å²) in [5, 5.41) is 10.6. The zero-order valence-corrected chi connectivity index (χ0v) is 24.5. The fourth-order valence-electron chi connectivity index (χ4n) is 6.05. The molecule has 0 saturated carbocycles. The first kappa shape index (κ1) is 29.0. The minimum absolute atomic E-state index is 0.0504. The van der Waals surface area contributed by atoms with Crippen LogP contribution < -0.4 is 15.2 Å². The van der Waals surface area contributed by atoms with Gasteiger partial charge in [-0.25, -0.2) is 18.6 Å². The molecule has 3 aromatic heterocycles.